The minimum atomic E-state index is -4.04. The monoisotopic (exact) mass is 531 g/mol. The fraction of sp³-hybridized carbons (Fsp3) is 0.360. The SMILES string of the molecule is COc1ccc(-c2sc(NC(=O)CC3CCOCC3)nc2C)cc1S(=O)(=O)Nc1cc(C)cc(O)c1. The van der Waals surface area contributed by atoms with Gasteiger partial charge in [-0.05, 0) is 74.1 Å². The van der Waals surface area contributed by atoms with Crippen LogP contribution in [0.5, 0.6) is 11.5 Å². The molecule has 1 aliphatic rings. The van der Waals surface area contributed by atoms with Crippen molar-refractivity contribution in [3.05, 3.63) is 47.7 Å². The average Bonchev–Trinajstić information content (AvgIpc) is 3.17. The van der Waals surface area contributed by atoms with Gasteiger partial charge >= 0.3 is 0 Å². The number of anilines is 2. The van der Waals surface area contributed by atoms with Gasteiger partial charge in [-0.3, -0.25) is 9.52 Å². The molecule has 1 saturated heterocycles. The van der Waals surface area contributed by atoms with Gasteiger partial charge in [0, 0.05) is 25.7 Å². The average molecular weight is 532 g/mol. The highest BCUT2D eigenvalue weighted by Crippen LogP contribution is 2.37. The van der Waals surface area contributed by atoms with E-state index in [0.717, 1.165) is 17.7 Å². The number of aromatic nitrogens is 1. The molecule has 0 bridgehead atoms. The lowest BCUT2D eigenvalue weighted by molar-refractivity contribution is -0.117. The molecule has 2 aromatic carbocycles. The molecule has 36 heavy (non-hydrogen) atoms. The first kappa shape index (κ1) is 25.9. The number of benzene rings is 2. The number of phenolic OH excluding ortho intramolecular Hbond substituents is 1. The summed E-state index contributed by atoms with van der Waals surface area (Å²) >= 11 is 1.29. The maximum atomic E-state index is 13.3. The summed E-state index contributed by atoms with van der Waals surface area (Å²) in [5.41, 5.74) is 2.25. The summed E-state index contributed by atoms with van der Waals surface area (Å²) in [6.45, 7) is 4.93. The van der Waals surface area contributed by atoms with Gasteiger partial charge in [-0.25, -0.2) is 13.4 Å². The molecule has 1 aromatic heterocycles. The Balaban J connectivity index is 1.58. The molecule has 0 aliphatic carbocycles. The summed E-state index contributed by atoms with van der Waals surface area (Å²) < 4.78 is 39.7. The highest BCUT2D eigenvalue weighted by atomic mass is 32.2. The van der Waals surface area contributed by atoms with Crippen molar-refractivity contribution in [2.45, 2.75) is 38.0 Å². The predicted molar refractivity (Wildman–Crippen MR) is 139 cm³/mol. The normalized spacial score (nSPS) is 14.4. The molecule has 1 amide bonds. The minimum absolute atomic E-state index is 0.0416. The number of amides is 1. The third kappa shape index (κ3) is 6.15. The van der Waals surface area contributed by atoms with Crippen molar-refractivity contribution in [3.63, 3.8) is 0 Å². The third-order valence-electron chi connectivity index (χ3n) is 5.89. The second-order valence-corrected chi connectivity index (χ2v) is 11.4. The van der Waals surface area contributed by atoms with Gasteiger partial charge in [0.25, 0.3) is 10.0 Å². The van der Waals surface area contributed by atoms with E-state index < -0.39 is 10.0 Å². The van der Waals surface area contributed by atoms with Gasteiger partial charge in [0.2, 0.25) is 5.91 Å². The molecule has 3 N–H and O–H groups in total. The number of phenols is 1. The van der Waals surface area contributed by atoms with Crippen LogP contribution in [0.25, 0.3) is 10.4 Å². The van der Waals surface area contributed by atoms with Crippen molar-refractivity contribution < 1.29 is 27.8 Å². The minimum Gasteiger partial charge on any atom is -0.508 e. The van der Waals surface area contributed by atoms with Crippen LogP contribution < -0.4 is 14.8 Å². The van der Waals surface area contributed by atoms with Gasteiger partial charge in [0.15, 0.2) is 5.13 Å². The predicted octanol–water partition coefficient (Wildman–Crippen LogP) is 4.70. The molecule has 2 heterocycles. The van der Waals surface area contributed by atoms with Crippen LogP contribution >= 0.6 is 11.3 Å². The van der Waals surface area contributed by atoms with E-state index in [2.05, 4.69) is 15.0 Å². The van der Waals surface area contributed by atoms with E-state index in [4.69, 9.17) is 9.47 Å². The van der Waals surface area contributed by atoms with Crippen molar-refractivity contribution in [2.75, 3.05) is 30.4 Å². The lowest BCUT2D eigenvalue weighted by atomic mass is 9.96. The first-order valence-electron chi connectivity index (χ1n) is 11.5. The summed E-state index contributed by atoms with van der Waals surface area (Å²) in [5, 5.41) is 13.2. The number of hydrogen-bond donors (Lipinski definition) is 3. The Morgan fingerprint density at radius 2 is 1.94 bits per heavy atom. The van der Waals surface area contributed by atoms with Crippen molar-refractivity contribution in [3.8, 4) is 21.9 Å². The number of rotatable bonds is 8. The van der Waals surface area contributed by atoms with Crippen molar-refractivity contribution >= 4 is 38.1 Å². The smallest absolute Gasteiger partial charge is 0.265 e. The Labute approximate surface area is 214 Å². The number of aromatic hydroxyl groups is 1. The number of hydrogen-bond acceptors (Lipinski definition) is 8. The van der Waals surface area contributed by atoms with Crippen LogP contribution in [0.15, 0.2) is 41.3 Å². The lowest BCUT2D eigenvalue weighted by Gasteiger charge is -2.20. The summed E-state index contributed by atoms with van der Waals surface area (Å²) in [6.07, 6.45) is 2.16. The summed E-state index contributed by atoms with van der Waals surface area (Å²) in [6, 6.07) is 9.35. The van der Waals surface area contributed by atoms with E-state index in [1.165, 1.54) is 36.6 Å². The lowest BCUT2D eigenvalue weighted by Crippen LogP contribution is -2.22. The number of carbonyl (C=O) groups excluding carboxylic acids is 1. The zero-order valence-electron chi connectivity index (χ0n) is 20.3. The number of ether oxygens (including phenoxy) is 2. The standard InChI is InChI=1S/C25H29N3O6S2/c1-15-10-19(14-20(29)11-15)28-36(31,32)22-13-18(4-5-21(22)33-3)24-16(2)26-25(35-24)27-23(30)12-17-6-8-34-9-7-17/h4-5,10-11,13-14,17,28-29H,6-9,12H2,1-3H3,(H,26,27,30). The quantitative estimate of drug-likeness (QED) is 0.385. The fourth-order valence-electron chi connectivity index (χ4n) is 4.16. The third-order valence-corrected chi connectivity index (χ3v) is 8.41. The van der Waals surface area contributed by atoms with Crippen LogP contribution in [0.1, 0.15) is 30.5 Å². The van der Waals surface area contributed by atoms with Gasteiger partial charge in [-0.2, -0.15) is 0 Å². The van der Waals surface area contributed by atoms with E-state index in [-0.39, 0.29) is 28.0 Å². The molecule has 4 rings (SSSR count). The van der Waals surface area contributed by atoms with Crippen LogP contribution in [0.2, 0.25) is 0 Å². The van der Waals surface area contributed by atoms with Gasteiger partial charge in [0.05, 0.1) is 23.4 Å². The Morgan fingerprint density at radius 3 is 2.64 bits per heavy atom. The Kier molecular flexibility index (Phi) is 7.82. The van der Waals surface area contributed by atoms with Gasteiger partial charge in [-0.15, -0.1) is 0 Å². The molecule has 1 fully saturated rings. The summed E-state index contributed by atoms with van der Waals surface area (Å²) in [5.74, 6) is 0.345. The van der Waals surface area contributed by atoms with Crippen LogP contribution in [-0.4, -0.2) is 44.7 Å². The number of carbonyl (C=O) groups is 1. The molecule has 11 heteroatoms. The van der Waals surface area contributed by atoms with Gasteiger partial charge in [-0.1, -0.05) is 11.3 Å². The van der Waals surface area contributed by atoms with Crippen molar-refractivity contribution in [1.29, 1.82) is 0 Å². The van der Waals surface area contributed by atoms with Crippen LogP contribution in [0, 0.1) is 19.8 Å². The number of thiazole rings is 1. The molecule has 0 spiro atoms. The molecule has 0 unspecified atom stereocenters. The maximum absolute atomic E-state index is 13.3. The van der Waals surface area contributed by atoms with E-state index in [0.29, 0.717) is 47.5 Å². The molecule has 3 aromatic rings. The molecule has 0 saturated carbocycles. The zero-order chi connectivity index (χ0) is 25.9. The fourth-order valence-corrected chi connectivity index (χ4v) is 6.38. The van der Waals surface area contributed by atoms with E-state index in [9.17, 15) is 18.3 Å². The molecular weight excluding hydrogens is 502 g/mol. The molecule has 0 atom stereocenters. The second-order valence-electron chi connectivity index (χ2n) is 8.77. The van der Waals surface area contributed by atoms with Gasteiger partial charge in [0.1, 0.15) is 16.4 Å². The first-order valence-corrected chi connectivity index (χ1v) is 13.8. The number of aryl methyl sites for hydroxylation is 2. The summed E-state index contributed by atoms with van der Waals surface area (Å²) in [7, 11) is -2.64. The van der Waals surface area contributed by atoms with Gasteiger partial charge < -0.3 is 19.9 Å². The highest BCUT2D eigenvalue weighted by Gasteiger charge is 2.23. The number of nitrogens with one attached hydrogen (secondary N) is 2. The number of methoxy groups -OCH3 is 1. The maximum Gasteiger partial charge on any atom is 0.265 e. The number of nitrogens with zero attached hydrogens (tertiary/aromatic N) is 1. The van der Waals surface area contributed by atoms with Crippen molar-refractivity contribution in [2.24, 2.45) is 5.92 Å². The topological polar surface area (TPSA) is 127 Å². The van der Waals surface area contributed by atoms with E-state index >= 15 is 0 Å². The largest absolute Gasteiger partial charge is 0.508 e. The Hall–Kier alpha value is -3.15. The van der Waals surface area contributed by atoms with Crippen LogP contribution in [0.3, 0.4) is 0 Å². The molecule has 1 aliphatic heterocycles. The van der Waals surface area contributed by atoms with Crippen LogP contribution in [0.4, 0.5) is 10.8 Å². The van der Waals surface area contributed by atoms with Crippen LogP contribution in [-0.2, 0) is 19.6 Å². The van der Waals surface area contributed by atoms with E-state index in [1.54, 1.807) is 25.1 Å². The van der Waals surface area contributed by atoms with E-state index in [1.807, 2.05) is 6.92 Å². The highest BCUT2D eigenvalue weighted by molar-refractivity contribution is 7.92. The summed E-state index contributed by atoms with van der Waals surface area (Å²) in [4.78, 5) is 17.7. The van der Waals surface area contributed by atoms with Crippen molar-refractivity contribution in [1.82, 2.24) is 4.98 Å². The Morgan fingerprint density at radius 1 is 1.19 bits per heavy atom. The second kappa shape index (κ2) is 10.9. The molecule has 9 nitrogen and oxygen atoms in total. The zero-order valence-corrected chi connectivity index (χ0v) is 22.0. The first-order chi connectivity index (χ1) is 17.1. The Bertz CT molecular complexity index is 1340. The number of sulfonamides is 1. The molecular formula is C25H29N3O6S2. The molecule has 0 radical (unpaired) electrons. The molecule has 192 valence electrons.